The number of esters is 2. The maximum atomic E-state index is 11.0. The predicted molar refractivity (Wildman–Crippen MR) is 71.8 cm³/mol. The van der Waals surface area contributed by atoms with Crippen LogP contribution in [0.25, 0.3) is 0 Å². The second-order valence-electron chi connectivity index (χ2n) is 3.83. The lowest BCUT2D eigenvalue weighted by Crippen LogP contribution is -2.37. The molecule has 1 fully saturated rings. The highest BCUT2D eigenvalue weighted by Crippen LogP contribution is 2.32. The summed E-state index contributed by atoms with van der Waals surface area (Å²) in [5, 5.41) is 0. The fourth-order valence-electron chi connectivity index (χ4n) is 1.47. The Morgan fingerprint density at radius 2 is 1.65 bits per heavy atom. The van der Waals surface area contributed by atoms with Gasteiger partial charge in [0, 0.05) is 13.8 Å². The minimum absolute atomic E-state index is 0.615. The Bertz CT molecular complexity index is 364. The Kier molecular flexibility index (Phi) is 7.11. The van der Waals surface area contributed by atoms with Gasteiger partial charge < -0.3 is 18.9 Å². The summed E-state index contributed by atoms with van der Waals surface area (Å²) >= 11 is 22.8. The number of alkyl halides is 4. The van der Waals surface area contributed by atoms with Crippen LogP contribution >= 0.6 is 46.4 Å². The molecule has 0 bridgehead atoms. The number of ether oxygens (including phenoxy) is 4. The van der Waals surface area contributed by atoms with Gasteiger partial charge in [-0.05, 0) is 0 Å². The molecule has 0 aromatic rings. The normalized spacial score (nSPS) is 27.7. The summed E-state index contributed by atoms with van der Waals surface area (Å²) in [6, 6.07) is 0. The van der Waals surface area contributed by atoms with Gasteiger partial charge in [-0.1, -0.05) is 0 Å². The number of rotatable bonds is 5. The molecular weight excluding hydrogens is 358 g/mol. The van der Waals surface area contributed by atoms with Gasteiger partial charge in [0.2, 0.25) is 12.6 Å². The fraction of sp³-hybridized carbons (Fsp3) is 0.800. The first kappa shape index (κ1) is 18.1. The van der Waals surface area contributed by atoms with Crippen LogP contribution in [0.1, 0.15) is 13.8 Å². The molecule has 0 radical (unpaired) electrons. The van der Waals surface area contributed by atoms with Gasteiger partial charge in [-0.3, -0.25) is 9.59 Å². The largest absolute Gasteiger partial charge is 0.454 e. The Balaban J connectivity index is 2.81. The Morgan fingerprint density at radius 3 is 2.05 bits per heavy atom. The second kappa shape index (κ2) is 7.87. The van der Waals surface area contributed by atoms with E-state index in [4.69, 9.17) is 65.4 Å². The third-order valence-corrected chi connectivity index (χ3v) is 3.17. The van der Waals surface area contributed by atoms with Crippen molar-refractivity contribution < 1.29 is 28.5 Å². The SMILES string of the molecule is CC(=O)O[C@H]1O[C@@H]([C@H](OC(C)=O)C(Cl)Cl)O[C@H]1C(Cl)Cl. The smallest absolute Gasteiger partial charge is 0.305 e. The summed E-state index contributed by atoms with van der Waals surface area (Å²) in [7, 11) is 0. The number of carbonyl (C=O) groups excluding carboxylic acids is 2. The van der Waals surface area contributed by atoms with E-state index in [2.05, 4.69) is 0 Å². The maximum absolute atomic E-state index is 11.0. The maximum Gasteiger partial charge on any atom is 0.305 e. The molecule has 0 aromatic heterocycles. The van der Waals surface area contributed by atoms with Gasteiger partial charge in [-0.25, -0.2) is 0 Å². The minimum Gasteiger partial charge on any atom is -0.454 e. The minimum atomic E-state index is -1.16. The van der Waals surface area contributed by atoms with Crippen LogP contribution in [0, 0.1) is 0 Å². The molecule has 6 nitrogen and oxygen atoms in total. The third kappa shape index (κ3) is 5.09. The highest BCUT2D eigenvalue weighted by Gasteiger charge is 2.47. The van der Waals surface area contributed by atoms with Gasteiger partial charge >= 0.3 is 11.9 Å². The standard InChI is InChI=1S/C10H12Cl4O6/c1-3(15)17-5(7(11)12)10-19-6(8(13)14)9(20-10)18-4(2)16/h5-10H,1-2H3/t5-,6+,9+,10+/m1/s1. The lowest BCUT2D eigenvalue weighted by atomic mass is 10.4. The average molecular weight is 370 g/mol. The monoisotopic (exact) mass is 368 g/mol. The van der Waals surface area contributed by atoms with E-state index >= 15 is 0 Å². The van der Waals surface area contributed by atoms with Gasteiger partial charge in [-0.15, -0.1) is 46.4 Å². The number of hydrogen-bond donors (Lipinski definition) is 0. The van der Waals surface area contributed by atoms with Crippen LogP contribution in [0.4, 0.5) is 0 Å². The number of hydrogen-bond acceptors (Lipinski definition) is 6. The van der Waals surface area contributed by atoms with Gasteiger partial charge in [0.15, 0.2) is 12.2 Å². The highest BCUT2D eigenvalue weighted by atomic mass is 35.5. The van der Waals surface area contributed by atoms with Crippen LogP contribution in [0.15, 0.2) is 0 Å². The average Bonchev–Trinajstić information content (AvgIpc) is 2.68. The summed E-state index contributed by atoms with van der Waals surface area (Å²) in [4.78, 5) is 19.8. The summed E-state index contributed by atoms with van der Waals surface area (Å²) in [6.45, 7) is 2.35. The first-order valence-corrected chi connectivity index (χ1v) is 7.18. The van der Waals surface area contributed by atoms with Crippen molar-refractivity contribution in [3.63, 3.8) is 0 Å². The molecule has 0 unspecified atom stereocenters. The molecule has 0 saturated carbocycles. The molecule has 1 aliphatic heterocycles. The van der Waals surface area contributed by atoms with Crippen molar-refractivity contribution in [1.82, 2.24) is 0 Å². The lowest BCUT2D eigenvalue weighted by molar-refractivity contribution is -0.196. The van der Waals surface area contributed by atoms with Crippen LogP contribution in [0.5, 0.6) is 0 Å². The van der Waals surface area contributed by atoms with Crippen molar-refractivity contribution in [2.24, 2.45) is 0 Å². The summed E-state index contributed by atoms with van der Waals surface area (Å²) in [5.41, 5.74) is 0. The van der Waals surface area contributed by atoms with Crippen LogP contribution in [-0.2, 0) is 28.5 Å². The van der Waals surface area contributed by atoms with Crippen molar-refractivity contribution >= 4 is 58.3 Å². The van der Waals surface area contributed by atoms with Crippen molar-refractivity contribution in [1.29, 1.82) is 0 Å². The molecule has 1 saturated heterocycles. The Morgan fingerprint density at radius 1 is 1.05 bits per heavy atom. The molecule has 4 atom stereocenters. The molecule has 0 N–H and O–H groups in total. The summed E-state index contributed by atoms with van der Waals surface area (Å²) in [5.74, 6) is -1.25. The van der Waals surface area contributed by atoms with Crippen molar-refractivity contribution in [3.8, 4) is 0 Å². The molecule has 0 aromatic carbocycles. The molecular formula is C10H12Cl4O6. The van der Waals surface area contributed by atoms with Gasteiger partial charge in [0.25, 0.3) is 0 Å². The number of carbonyl (C=O) groups is 2. The second-order valence-corrected chi connectivity index (χ2v) is 6.15. The zero-order valence-electron chi connectivity index (χ0n) is 10.4. The molecule has 1 rings (SSSR count). The lowest BCUT2D eigenvalue weighted by Gasteiger charge is -2.22. The molecule has 1 heterocycles. The zero-order valence-corrected chi connectivity index (χ0v) is 13.4. The molecule has 10 heteroatoms. The van der Waals surface area contributed by atoms with Crippen LogP contribution in [0.2, 0.25) is 0 Å². The van der Waals surface area contributed by atoms with E-state index in [1.165, 1.54) is 13.8 Å². The molecule has 20 heavy (non-hydrogen) atoms. The highest BCUT2D eigenvalue weighted by molar-refractivity contribution is 6.45. The summed E-state index contributed by atoms with van der Waals surface area (Å²) in [6.07, 6.45) is -4.39. The van der Waals surface area contributed by atoms with Gasteiger partial charge in [-0.2, -0.15) is 0 Å². The first-order valence-electron chi connectivity index (χ1n) is 5.44. The quantitative estimate of drug-likeness (QED) is 0.546. The van der Waals surface area contributed by atoms with E-state index in [1.54, 1.807) is 0 Å². The van der Waals surface area contributed by atoms with Crippen molar-refractivity contribution in [3.05, 3.63) is 0 Å². The Labute approximate surface area is 135 Å². The van der Waals surface area contributed by atoms with Crippen molar-refractivity contribution in [2.75, 3.05) is 0 Å². The molecule has 0 aliphatic carbocycles. The van der Waals surface area contributed by atoms with Crippen LogP contribution in [0.3, 0.4) is 0 Å². The fourth-order valence-corrected chi connectivity index (χ4v) is 2.17. The van der Waals surface area contributed by atoms with Gasteiger partial charge in [0.05, 0.1) is 0 Å². The topological polar surface area (TPSA) is 71.1 Å². The van der Waals surface area contributed by atoms with E-state index in [9.17, 15) is 9.59 Å². The summed E-state index contributed by atoms with van der Waals surface area (Å²) < 4.78 is 20.4. The van der Waals surface area contributed by atoms with Crippen LogP contribution < -0.4 is 0 Å². The van der Waals surface area contributed by atoms with E-state index in [1.807, 2.05) is 0 Å². The molecule has 0 spiro atoms. The molecule has 116 valence electrons. The van der Waals surface area contributed by atoms with E-state index in [0.29, 0.717) is 0 Å². The van der Waals surface area contributed by atoms with Crippen molar-refractivity contribution in [2.45, 2.75) is 48.3 Å². The Hall–Kier alpha value is 0.0200. The van der Waals surface area contributed by atoms with Gasteiger partial charge in [0.1, 0.15) is 9.67 Å². The molecule has 1 aliphatic rings. The predicted octanol–water partition coefficient (Wildman–Crippen LogP) is 2.16. The van der Waals surface area contributed by atoms with E-state index < -0.39 is 46.4 Å². The van der Waals surface area contributed by atoms with E-state index in [-0.39, 0.29) is 0 Å². The van der Waals surface area contributed by atoms with E-state index in [0.717, 1.165) is 0 Å². The van der Waals surface area contributed by atoms with Crippen LogP contribution in [-0.4, -0.2) is 46.4 Å². The first-order chi connectivity index (χ1) is 9.22. The number of halogens is 4. The zero-order chi connectivity index (χ0) is 15.4. The molecule has 0 amide bonds. The third-order valence-electron chi connectivity index (χ3n) is 2.18.